The number of rotatable bonds is 4. The lowest BCUT2D eigenvalue weighted by Gasteiger charge is -2.36. The minimum atomic E-state index is -0.356. The first-order chi connectivity index (χ1) is 17.7. The van der Waals surface area contributed by atoms with E-state index in [-0.39, 0.29) is 16.0 Å². The summed E-state index contributed by atoms with van der Waals surface area (Å²) in [7, 11) is 0. The second kappa shape index (κ2) is 7.75. The van der Waals surface area contributed by atoms with Crippen LogP contribution < -0.4 is 0 Å². The normalized spacial score (nSPS) is 19.5. The van der Waals surface area contributed by atoms with E-state index < -0.39 is 0 Å². The van der Waals surface area contributed by atoms with Crippen LogP contribution in [-0.4, -0.2) is 14.7 Å². The lowest BCUT2D eigenvalue weighted by Crippen LogP contribution is -2.31. The Bertz CT molecular complexity index is 1610. The molecule has 36 heavy (non-hydrogen) atoms. The maximum absolute atomic E-state index is 11.3. The Kier molecular flexibility index (Phi) is 4.48. The first kappa shape index (κ1) is 20.8. The molecule has 0 N–H and O–H groups in total. The molecule has 7 rings (SSSR count). The molecule has 0 amide bonds. The van der Waals surface area contributed by atoms with Gasteiger partial charge in [0.25, 0.3) is 5.69 Å². The Hall–Kier alpha value is -4.51. The molecule has 0 saturated carbocycles. The fourth-order valence-corrected chi connectivity index (χ4v) is 6.44. The standard InChI is InChI=1S/C31H23N3O2/c35-34(36)25-17-15-21(16-18-25)30-29-28(33(32-30)24-11-5-2-6-12-24)19-22-20-31(29,23-9-3-1-4-10-23)27-14-8-7-13-26(22)27/h1-18,22H,19-20H2. The van der Waals surface area contributed by atoms with Crippen LogP contribution in [0.2, 0.25) is 0 Å². The zero-order valence-corrected chi connectivity index (χ0v) is 19.5. The Morgan fingerprint density at radius 1 is 0.833 bits per heavy atom. The van der Waals surface area contributed by atoms with E-state index in [4.69, 9.17) is 5.10 Å². The topological polar surface area (TPSA) is 61.0 Å². The third-order valence-corrected chi connectivity index (χ3v) is 7.88. The fourth-order valence-electron chi connectivity index (χ4n) is 6.44. The van der Waals surface area contributed by atoms with Crippen molar-refractivity contribution in [1.29, 1.82) is 0 Å². The highest BCUT2D eigenvalue weighted by Crippen LogP contribution is 2.60. The van der Waals surface area contributed by atoms with E-state index in [1.165, 1.54) is 27.9 Å². The number of nitro groups is 1. The van der Waals surface area contributed by atoms with Crippen LogP contribution in [0.5, 0.6) is 0 Å². The van der Waals surface area contributed by atoms with Crippen molar-refractivity contribution < 1.29 is 4.92 Å². The highest BCUT2D eigenvalue weighted by Gasteiger charge is 2.53. The quantitative estimate of drug-likeness (QED) is 0.214. The molecule has 4 aromatic carbocycles. The van der Waals surface area contributed by atoms with Crippen molar-refractivity contribution in [2.45, 2.75) is 24.2 Å². The summed E-state index contributed by atoms with van der Waals surface area (Å²) in [4.78, 5) is 11.0. The molecule has 2 bridgehead atoms. The van der Waals surface area contributed by atoms with Crippen LogP contribution >= 0.6 is 0 Å². The molecule has 174 valence electrons. The highest BCUT2D eigenvalue weighted by molar-refractivity contribution is 5.75. The summed E-state index contributed by atoms with van der Waals surface area (Å²) in [6, 6.07) is 36.7. The van der Waals surface area contributed by atoms with E-state index in [2.05, 4.69) is 71.4 Å². The SMILES string of the molecule is O=[N+]([O-])c1ccc(-c2nn(-c3ccccc3)c3c2C2(c4ccccc4)CC(C3)c3ccccc32)cc1. The van der Waals surface area contributed by atoms with E-state index in [1.807, 2.05) is 30.3 Å². The van der Waals surface area contributed by atoms with Gasteiger partial charge in [0, 0.05) is 34.4 Å². The first-order valence-electron chi connectivity index (χ1n) is 12.2. The van der Waals surface area contributed by atoms with Gasteiger partial charge >= 0.3 is 0 Å². The minimum absolute atomic E-state index is 0.0826. The molecule has 0 fully saturated rings. The number of hydrogen-bond donors (Lipinski definition) is 0. The number of benzene rings is 4. The van der Waals surface area contributed by atoms with Gasteiger partial charge in [0.1, 0.15) is 0 Å². The van der Waals surface area contributed by atoms with Crippen molar-refractivity contribution in [3.8, 4) is 16.9 Å². The summed E-state index contributed by atoms with van der Waals surface area (Å²) in [6.07, 6.45) is 1.89. The number of nitro benzene ring substituents is 1. The molecule has 2 unspecified atom stereocenters. The van der Waals surface area contributed by atoms with Crippen LogP contribution in [0.15, 0.2) is 109 Å². The van der Waals surface area contributed by atoms with Gasteiger partial charge in [0.15, 0.2) is 0 Å². The van der Waals surface area contributed by atoms with E-state index in [9.17, 15) is 10.1 Å². The molecule has 0 saturated heterocycles. The van der Waals surface area contributed by atoms with Crippen LogP contribution in [0.3, 0.4) is 0 Å². The number of para-hydroxylation sites is 1. The van der Waals surface area contributed by atoms with E-state index in [0.29, 0.717) is 5.92 Å². The molecule has 5 nitrogen and oxygen atoms in total. The Morgan fingerprint density at radius 2 is 1.50 bits per heavy atom. The Labute approximate surface area is 208 Å². The molecule has 2 aliphatic rings. The van der Waals surface area contributed by atoms with Gasteiger partial charge in [0.05, 0.1) is 16.3 Å². The lowest BCUT2D eigenvalue weighted by atomic mass is 9.65. The zero-order valence-electron chi connectivity index (χ0n) is 19.5. The Morgan fingerprint density at radius 3 is 2.22 bits per heavy atom. The number of nitrogens with zero attached hydrogens (tertiary/aromatic N) is 3. The number of fused-ring (bicyclic) bond motifs is 7. The van der Waals surface area contributed by atoms with Crippen LogP contribution in [-0.2, 0) is 11.8 Å². The van der Waals surface area contributed by atoms with E-state index >= 15 is 0 Å². The molecule has 0 aliphatic heterocycles. The summed E-state index contributed by atoms with van der Waals surface area (Å²) in [5.41, 5.74) is 9.00. The molecule has 2 aliphatic carbocycles. The minimum Gasteiger partial charge on any atom is -0.258 e. The molecule has 5 heteroatoms. The number of aromatic nitrogens is 2. The van der Waals surface area contributed by atoms with Crippen molar-refractivity contribution in [2.75, 3.05) is 0 Å². The van der Waals surface area contributed by atoms with Crippen molar-refractivity contribution in [2.24, 2.45) is 0 Å². The van der Waals surface area contributed by atoms with Gasteiger partial charge in [-0.15, -0.1) is 0 Å². The summed E-state index contributed by atoms with van der Waals surface area (Å²) in [5.74, 6) is 0.401. The second-order valence-electron chi connectivity index (χ2n) is 9.69. The van der Waals surface area contributed by atoms with Crippen LogP contribution in [0, 0.1) is 10.1 Å². The molecule has 2 atom stereocenters. The number of non-ortho nitro benzene ring substituents is 1. The summed E-state index contributed by atoms with van der Waals surface area (Å²) in [5, 5.41) is 16.5. The first-order valence-corrected chi connectivity index (χ1v) is 12.2. The maximum Gasteiger partial charge on any atom is 0.269 e. The molecule has 0 radical (unpaired) electrons. The fraction of sp³-hybridized carbons (Fsp3) is 0.129. The third kappa shape index (κ3) is 2.86. The largest absolute Gasteiger partial charge is 0.269 e. The lowest BCUT2D eigenvalue weighted by molar-refractivity contribution is -0.384. The zero-order chi connectivity index (χ0) is 24.3. The second-order valence-corrected chi connectivity index (χ2v) is 9.69. The van der Waals surface area contributed by atoms with Crippen molar-refractivity contribution >= 4 is 5.69 Å². The van der Waals surface area contributed by atoms with Crippen LogP contribution in [0.25, 0.3) is 16.9 Å². The van der Waals surface area contributed by atoms with Crippen LogP contribution in [0.1, 0.15) is 40.3 Å². The molecular formula is C31H23N3O2. The van der Waals surface area contributed by atoms with Gasteiger partial charge in [0.2, 0.25) is 0 Å². The average molecular weight is 470 g/mol. The predicted molar refractivity (Wildman–Crippen MR) is 139 cm³/mol. The van der Waals surface area contributed by atoms with Gasteiger partial charge in [-0.1, -0.05) is 72.8 Å². The van der Waals surface area contributed by atoms with Crippen molar-refractivity contribution in [3.63, 3.8) is 0 Å². The van der Waals surface area contributed by atoms with Crippen LogP contribution in [0.4, 0.5) is 5.69 Å². The molecule has 1 aromatic heterocycles. The summed E-state index contributed by atoms with van der Waals surface area (Å²) >= 11 is 0. The van der Waals surface area contributed by atoms with Gasteiger partial charge < -0.3 is 0 Å². The smallest absolute Gasteiger partial charge is 0.258 e. The van der Waals surface area contributed by atoms with Gasteiger partial charge in [-0.25, -0.2) is 4.68 Å². The molecule has 1 heterocycles. The van der Waals surface area contributed by atoms with Gasteiger partial charge in [-0.3, -0.25) is 10.1 Å². The van der Waals surface area contributed by atoms with Crippen molar-refractivity contribution in [3.05, 3.63) is 147 Å². The predicted octanol–water partition coefficient (Wildman–Crippen LogP) is 6.83. The molecule has 0 spiro atoms. The highest BCUT2D eigenvalue weighted by atomic mass is 16.6. The third-order valence-electron chi connectivity index (χ3n) is 7.88. The van der Waals surface area contributed by atoms with Gasteiger partial charge in [-0.05, 0) is 59.7 Å². The summed E-state index contributed by atoms with van der Waals surface area (Å²) in [6.45, 7) is 0. The Balaban J connectivity index is 1.57. The van der Waals surface area contributed by atoms with E-state index in [0.717, 1.165) is 29.8 Å². The molecular weight excluding hydrogens is 446 g/mol. The van der Waals surface area contributed by atoms with E-state index in [1.54, 1.807) is 12.1 Å². The average Bonchev–Trinajstić information content (AvgIpc) is 3.45. The monoisotopic (exact) mass is 469 g/mol. The number of hydrogen-bond acceptors (Lipinski definition) is 3. The maximum atomic E-state index is 11.3. The molecule has 5 aromatic rings. The van der Waals surface area contributed by atoms with Crippen molar-refractivity contribution in [1.82, 2.24) is 9.78 Å². The van der Waals surface area contributed by atoms with Gasteiger partial charge in [-0.2, -0.15) is 5.10 Å². The summed E-state index contributed by atoms with van der Waals surface area (Å²) < 4.78 is 2.10.